The predicted molar refractivity (Wildman–Crippen MR) is 75.9 cm³/mol. The fraction of sp³-hybridized carbons (Fsp3) is 0.308. The van der Waals surface area contributed by atoms with Crippen molar-refractivity contribution in [1.29, 1.82) is 0 Å². The minimum absolute atomic E-state index is 0.109. The molecule has 0 aliphatic rings. The topological polar surface area (TPSA) is 110 Å². The first kappa shape index (κ1) is 18.3. The molecule has 4 N–H and O–H groups in total. The molecule has 0 saturated heterocycles. The first-order valence-corrected chi connectivity index (χ1v) is 6.48. The van der Waals surface area contributed by atoms with E-state index in [4.69, 9.17) is 15.6 Å². The monoisotopic (exact) mass is 332 g/mol. The number of anilines is 1. The summed E-state index contributed by atoms with van der Waals surface area (Å²) < 4.78 is 33.4. The lowest BCUT2D eigenvalue weighted by molar-refractivity contribution is -0.192. The van der Waals surface area contributed by atoms with Crippen molar-refractivity contribution in [3.63, 3.8) is 0 Å². The van der Waals surface area contributed by atoms with Gasteiger partial charge in [0, 0.05) is 18.4 Å². The van der Waals surface area contributed by atoms with Crippen LogP contribution < -0.4 is 11.1 Å². The maximum atomic E-state index is 11.8. The molecule has 2 aromatic rings. The third-order valence-corrected chi connectivity index (χ3v) is 2.57. The lowest BCUT2D eigenvalue weighted by Crippen LogP contribution is -2.23. The van der Waals surface area contributed by atoms with E-state index in [0.29, 0.717) is 17.8 Å². The second-order valence-corrected chi connectivity index (χ2v) is 4.41. The van der Waals surface area contributed by atoms with Crippen molar-refractivity contribution >= 4 is 23.1 Å². The Morgan fingerprint density at radius 1 is 1.43 bits per heavy atom. The minimum Gasteiger partial charge on any atom is -0.475 e. The standard InChI is InChI=1S/C11H14N4O.C2HF3O2/c1-2-4-13-11(16)9-7-14-15-5-3-8(12)6-10(9)15;3-2(4,5)1(6)7/h3,5-7H,2,4,12H2,1H3,(H,13,16);(H,6,7). The van der Waals surface area contributed by atoms with Crippen LogP contribution >= 0.6 is 0 Å². The van der Waals surface area contributed by atoms with Gasteiger partial charge in [0.1, 0.15) is 0 Å². The van der Waals surface area contributed by atoms with Gasteiger partial charge in [-0.15, -0.1) is 0 Å². The van der Waals surface area contributed by atoms with Gasteiger partial charge in [0.2, 0.25) is 0 Å². The number of aliphatic carboxylic acids is 1. The van der Waals surface area contributed by atoms with Gasteiger partial charge in [-0.1, -0.05) is 6.92 Å². The molecule has 0 atom stereocenters. The van der Waals surface area contributed by atoms with Gasteiger partial charge in [-0.25, -0.2) is 9.31 Å². The Kier molecular flexibility index (Phi) is 5.94. The summed E-state index contributed by atoms with van der Waals surface area (Å²) in [6.45, 7) is 2.67. The number of halogens is 3. The van der Waals surface area contributed by atoms with E-state index in [2.05, 4.69) is 10.4 Å². The van der Waals surface area contributed by atoms with Crippen molar-refractivity contribution in [2.45, 2.75) is 19.5 Å². The largest absolute Gasteiger partial charge is 0.490 e. The Balaban J connectivity index is 0.000000322. The molecule has 0 aromatic carbocycles. The number of pyridine rings is 1. The molecule has 0 spiro atoms. The number of nitrogen functional groups attached to an aromatic ring is 1. The predicted octanol–water partition coefficient (Wildman–Crippen LogP) is 1.69. The Morgan fingerprint density at radius 2 is 2.04 bits per heavy atom. The second-order valence-electron chi connectivity index (χ2n) is 4.41. The highest BCUT2D eigenvalue weighted by Gasteiger charge is 2.38. The number of amides is 1. The zero-order chi connectivity index (χ0) is 17.6. The molecule has 0 aliphatic carbocycles. The number of nitrogens with zero attached hydrogens (tertiary/aromatic N) is 2. The number of carbonyl (C=O) groups is 2. The van der Waals surface area contributed by atoms with Crippen LogP contribution in [0.25, 0.3) is 5.52 Å². The molecule has 2 heterocycles. The van der Waals surface area contributed by atoms with Crippen molar-refractivity contribution in [2.24, 2.45) is 0 Å². The number of carboxylic acids is 1. The van der Waals surface area contributed by atoms with Gasteiger partial charge < -0.3 is 16.2 Å². The van der Waals surface area contributed by atoms with E-state index >= 15 is 0 Å². The Labute approximate surface area is 128 Å². The number of alkyl halides is 3. The molecular weight excluding hydrogens is 317 g/mol. The number of nitrogens with two attached hydrogens (primary N) is 1. The summed E-state index contributed by atoms with van der Waals surface area (Å²) in [4.78, 5) is 20.7. The molecule has 1 amide bonds. The van der Waals surface area contributed by atoms with Crippen LogP contribution in [0.1, 0.15) is 23.7 Å². The number of aromatic nitrogens is 2. The summed E-state index contributed by atoms with van der Waals surface area (Å²) in [5.74, 6) is -2.87. The summed E-state index contributed by atoms with van der Waals surface area (Å²) >= 11 is 0. The van der Waals surface area contributed by atoms with Crippen LogP contribution in [0.2, 0.25) is 0 Å². The van der Waals surface area contributed by atoms with E-state index in [0.717, 1.165) is 11.9 Å². The van der Waals surface area contributed by atoms with Gasteiger partial charge in [0.15, 0.2) is 0 Å². The van der Waals surface area contributed by atoms with Gasteiger partial charge in [-0.2, -0.15) is 18.3 Å². The van der Waals surface area contributed by atoms with Gasteiger partial charge in [-0.05, 0) is 18.6 Å². The SMILES string of the molecule is CCCNC(=O)c1cnn2ccc(N)cc12.O=C(O)C(F)(F)F. The van der Waals surface area contributed by atoms with Crippen LogP contribution in [0.5, 0.6) is 0 Å². The number of hydrogen-bond donors (Lipinski definition) is 3. The molecule has 0 aliphatic heterocycles. The van der Waals surface area contributed by atoms with E-state index in [1.54, 1.807) is 29.0 Å². The lowest BCUT2D eigenvalue weighted by Gasteiger charge is -2.01. The zero-order valence-electron chi connectivity index (χ0n) is 12.1. The molecule has 0 bridgehead atoms. The average Bonchev–Trinajstić information content (AvgIpc) is 2.87. The van der Waals surface area contributed by atoms with Crippen LogP contribution in [0.4, 0.5) is 18.9 Å². The molecule has 0 unspecified atom stereocenters. The Morgan fingerprint density at radius 3 is 2.57 bits per heavy atom. The zero-order valence-corrected chi connectivity index (χ0v) is 12.1. The molecular formula is C13H15F3N4O3. The van der Waals surface area contributed by atoms with Gasteiger partial charge >= 0.3 is 12.1 Å². The highest BCUT2D eigenvalue weighted by molar-refractivity contribution is 6.00. The fourth-order valence-corrected chi connectivity index (χ4v) is 1.51. The van der Waals surface area contributed by atoms with E-state index in [1.807, 2.05) is 6.92 Å². The molecule has 0 fully saturated rings. The van der Waals surface area contributed by atoms with Crippen molar-refractivity contribution < 1.29 is 27.9 Å². The molecule has 2 rings (SSSR count). The number of hydrogen-bond acceptors (Lipinski definition) is 4. The van der Waals surface area contributed by atoms with Gasteiger partial charge in [0.05, 0.1) is 17.3 Å². The van der Waals surface area contributed by atoms with Crippen molar-refractivity contribution in [2.75, 3.05) is 12.3 Å². The molecule has 2 aromatic heterocycles. The second kappa shape index (κ2) is 7.47. The molecule has 10 heteroatoms. The van der Waals surface area contributed by atoms with Crippen LogP contribution in [0, 0.1) is 0 Å². The van der Waals surface area contributed by atoms with Crippen LogP contribution in [0.3, 0.4) is 0 Å². The summed E-state index contributed by atoms with van der Waals surface area (Å²) in [5, 5.41) is 14.0. The van der Waals surface area contributed by atoms with Crippen molar-refractivity contribution in [1.82, 2.24) is 14.9 Å². The van der Waals surface area contributed by atoms with E-state index in [1.165, 1.54) is 0 Å². The normalized spacial score (nSPS) is 10.8. The maximum Gasteiger partial charge on any atom is 0.490 e. The lowest BCUT2D eigenvalue weighted by atomic mass is 10.2. The number of carboxylic acid groups (broad SMARTS) is 1. The minimum atomic E-state index is -5.08. The molecule has 7 nitrogen and oxygen atoms in total. The van der Waals surface area contributed by atoms with Crippen molar-refractivity contribution in [3.05, 3.63) is 30.1 Å². The third-order valence-electron chi connectivity index (χ3n) is 2.57. The van der Waals surface area contributed by atoms with Crippen LogP contribution in [-0.4, -0.2) is 39.3 Å². The van der Waals surface area contributed by atoms with Crippen molar-refractivity contribution in [3.8, 4) is 0 Å². The quantitative estimate of drug-likeness (QED) is 0.792. The van der Waals surface area contributed by atoms with E-state index in [9.17, 15) is 18.0 Å². The number of nitrogens with one attached hydrogen (secondary N) is 1. The number of fused-ring (bicyclic) bond motifs is 1. The summed E-state index contributed by atoms with van der Waals surface area (Å²) in [7, 11) is 0. The highest BCUT2D eigenvalue weighted by atomic mass is 19.4. The first-order chi connectivity index (χ1) is 10.7. The van der Waals surface area contributed by atoms with Crippen LogP contribution in [-0.2, 0) is 4.79 Å². The Hall–Kier alpha value is -2.78. The third kappa shape index (κ3) is 5.16. The summed E-state index contributed by atoms with van der Waals surface area (Å²) in [5.41, 5.74) is 7.59. The van der Waals surface area contributed by atoms with Crippen LogP contribution in [0.15, 0.2) is 24.5 Å². The molecule has 23 heavy (non-hydrogen) atoms. The first-order valence-electron chi connectivity index (χ1n) is 6.48. The summed E-state index contributed by atoms with van der Waals surface area (Å²) in [6, 6.07) is 3.49. The van der Waals surface area contributed by atoms with Gasteiger partial charge in [-0.3, -0.25) is 4.79 Å². The number of rotatable bonds is 3. The smallest absolute Gasteiger partial charge is 0.475 e. The highest BCUT2D eigenvalue weighted by Crippen LogP contribution is 2.14. The molecule has 0 saturated carbocycles. The molecule has 126 valence electrons. The number of carbonyl (C=O) groups excluding carboxylic acids is 1. The van der Waals surface area contributed by atoms with E-state index < -0.39 is 12.1 Å². The Bertz CT molecular complexity index is 697. The molecule has 0 radical (unpaired) electrons. The maximum absolute atomic E-state index is 11.8. The average molecular weight is 332 g/mol. The fourth-order valence-electron chi connectivity index (χ4n) is 1.51. The van der Waals surface area contributed by atoms with E-state index in [-0.39, 0.29) is 5.91 Å². The summed E-state index contributed by atoms with van der Waals surface area (Å²) in [6.07, 6.45) is -0.881. The van der Waals surface area contributed by atoms with Gasteiger partial charge in [0.25, 0.3) is 5.91 Å².